The minimum absolute atomic E-state index is 0.108. The fourth-order valence-electron chi connectivity index (χ4n) is 1.03. The Hall–Kier alpha value is -0.600. The minimum atomic E-state index is 0.108. The molecule has 0 aliphatic heterocycles. The van der Waals surface area contributed by atoms with Gasteiger partial charge < -0.3 is 9.84 Å². The van der Waals surface area contributed by atoms with Crippen LogP contribution in [0.15, 0.2) is 23.8 Å². The first kappa shape index (κ1) is 8.50. The zero-order valence-corrected chi connectivity index (χ0v) is 6.62. The van der Waals surface area contributed by atoms with Gasteiger partial charge in [-0.15, -0.1) is 0 Å². The van der Waals surface area contributed by atoms with Gasteiger partial charge in [0.15, 0.2) is 0 Å². The second-order valence-corrected chi connectivity index (χ2v) is 2.53. The first-order chi connectivity index (χ1) is 5.43. The van der Waals surface area contributed by atoms with Gasteiger partial charge in [0.1, 0.15) is 0 Å². The van der Waals surface area contributed by atoms with E-state index >= 15 is 0 Å². The summed E-state index contributed by atoms with van der Waals surface area (Å²) in [4.78, 5) is 0. The van der Waals surface area contributed by atoms with E-state index in [0.29, 0.717) is 13.2 Å². The molecule has 0 spiro atoms. The maximum Gasteiger partial charge on any atom is 0.0714 e. The summed E-state index contributed by atoms with van der Waals surface area (Å²) < 4.78 is 5.15. The molecule has 0 aromatic carbocycles. The van der Waals surface area contributed by atoms with Gasteiger partial charge in [0.25, 0.3) is 0 Å². The first-order valence-electron chi connectivity index (χ1n) is 3.97. The van der Waals surface area contributed by atoms with Crippen molar-refractivity contribution < 1.29 is 9.84 Å². The van der Waals surface area contributed by atoms with Crippen LogP contribution in [0.1, 0.15) is 12.8 Å². The van der Waals surface area contributed by atoms with Crippen LogP contribution in [0.3, 0.4) is 0 Å². The molecule has 11 heavy (non-hydrogen) atoms. The predicted octanol–water partition coefficient (Wildman–Crippen LogP) is 1.27. The summed E-state index contributed by atoms with van der Waals surface area (Å²) in [6, 6.07) is 0. The van der Waals surface area contributed by atoms with Crippen LogP contribution in [0.5, 0.6) is 0 Å². The Kier molecular flexibility index (Phi) is 3.94. The SMILES string of the molecule is OCCOCC1=CCCC=C1. The maximum atomic E-state index is 8.43. The van der Waals surface area contributed by atoms with E-state index < -0.39 is 0 Å². The van der Waals surface area contributed by atoms with Gasteiger partial charge in [-0.1, -0.05) is 18.2 Å². The molecule has 0 aromatic heterocycles. The molecule has 0 unspecified atom stereocenters. The van der Waals surface area contributed by atoms with E-state index in [0.717, 1.165) is 12.8 Å². The summed E-state index contributed by atoms with van der Waals surface area (Å²) in [6.07, 6.45) is 8.67. The highest BCUT2D eigenvalue weighted by Gasteiger charge is 1.96. The average Bonchev–Trinajstić information content (AvgIpc) is 2.07. The highest BCUT2D eigenvalue weighted by Crippen LogP contribution is 2.09. The molecular weight excluding hydrogens is 140 g/mol. The van der Waals surface area contributed by atoms with Crippen LogP contribution in [0.4, 0.5) is 0 Å². The van der Waals surface area contributed by atoms with E-state index in [4.69, 9.17) is 9.84 Å². The summed E-state index contributed by atoms with van der Waals surface area (Å²) in [5.41, 5.74) is 1.23. The molecule has 0 radical (unpaired) electrons. The Bertz CT molecular complexity index is 159. The van der Waals surface area contributed by atoms with Crippen LogP contribution in [0.2, 0.25) is 0 Å². The standard InChI is InChI=1S/C9H14O2/c10-6-7-11-8-9-4-2-1-3-5-9/h2,4-5,10H,1,3,6-8H2. The fraction of sp³-hybridized carbons (Fsp3) is 0.556. The molecule has 1 rings (SSSR count). The Morgan fingerprint density at radius 1 is 1.45 bits per heavy atom. The molecular formula is C9H14O2. The molecule has 0 saturated heterocycles. The second kappa shape index (κ2) is 5.10. The molecule has 1 aliphatic carbocycles. The quantitative estimate of drug-likeness (QED) is 0.618. The van der Waals surface area contributed by atoms with E-state index in [9.17, 15) is 0 Å². The Morgan fingerprint density at radius 2 is 2.36 bits per heavy atom. The molecule has 0 saturated carbocycles. The molecule has 1 N–H and O–H groups in total. The van der Waals surface area contributed by atoms with Gasteiger partial charge in [0.2, 0.25) is 0 Å². The predicted molar refractivity (Wildman–Crippen MR) is 44.4 cm³/mol. The topological polar surface area (TPSA) is 29.5 Å². The van der Waals surface area contributed by atoms with Crippen LogP contribution in [0.25, 0.3) is 0 Å². The van der Waals surface area contributed by atoms with E-state index in [1.165, 1.54) is 5.57 Å². The zero-order valence-electron chi connectivity index (χ0n) is 6.62. The molecule has 2 nitrogen and oxygen atoms in total. The monoisotopic (exact) mass is 154 g/mol. The fourth-order valence-corrected chi connectivity index (χ4v) is 1.03. The number of aliphatic hydroxyl groups excluding tert-OH is 1. The van der Waals surface area contributed by atoms with E-state index in [-0.39, 0.29) is 6.61 Å². The Labute approximate surface area is 67.2 Å². The summed E-state index contributed by atoms with van der Waals surface area (Å²) in [5, 5.41) is 8.43. The molecule has 1 aliphatic rings. The minimum Gasteiger partial charge on any atom is -0.394 e. The van der Waals surface area contributed by atoms with Gasteiger partial charge in [-0.2, -0.15) is 0 Å². The van der Waals surface area contributed by atoms with Crippen molar-refractivity contribution in [3.63, 3.8) is 0 Å². The van der Waals surface area contributed by atoms with Gasteiger partial charge >= 0.3 is 0 Å². The van der Waals surface area contributed by atoms with Gasteiger partial charge in [0, 0.05) is 0 Å². The average molecular weight is 154 g/mol. The molecule has 0 atom stereocenters. The second-order valence-electron chi connectivity index (χ2n) is 2.53. The van der Waals surface area contributed by atoms with Crippen molar-refractivity contribution in [3.05, 3.63) is 23.8 Å². The number of aliphatic hydroxyl groups is 1. The van der Waals surface area contributed by atoms with Crippen LogP contribution < -0.4 is 0 Å². The molecule has 0 bridgehead atoms. The maximum absolute atomic E-state index is 8.43. The smallest absolute Gasteiger partial charge is 0.0714 e. The Morgan fingerprint density at radius 3 is 3.00 bits per heavy atom. The van der Waals surface area contributed by atoms with Crippen LogP contribution in [0, 0.1) is 0 Å². The van der Waals surface area contributed by atoms with Gasteiger partial charge in [-0.3, -0.25) is 0 Å². The summed E-state index contributed by atoms with van der Waals surface area (Å²) in [6.45, 7) is 1.18. The van der Waals surface area contributed by atoms with E-state index in [2.05, 4.69) is 18.2 Å². The number of allylic oxidation sites excluding steroid dienone is 2. The van der Waals surface area contributed by atoms with Gasteiger partial charge in [-0.05, 0) is 18.4 Å². The third-order valence-electron chi connectivity index (χ3n) is 1.58. The summed E-state index contributed by atoms with van der Waals surface area (Å²) >= 11 is 0. The molecule has 0 fully saturated rings. The number of rotatable bonds is 4. The van der Waals surface area contributed by atoms with Crippen molar-refractivity contribution in [3.8, 4) is 0 Å². The van der Waals surface area contributed by atoms with Crippen molar-refractivity contribution in [2.75, 3.05) is 19.8 Å². The van der Waals surface area contributed by atoms with Crippen molar-refractivity contribution in [2.24, 2.45) is 0 Å². The highest BCUT2D eigenvalue weighted by atomic mass is 16.5. The highest BCUT2D eigenvalue weighted by molar-refractivity contribution is 5.22. The molecule has 62 valence electrons. The normalized spacial score (nSPS) is 16.6. The van der Waals surface area contributed by atoms with Crippen molar-refractivity contribution >= 4 is 0 Å². The van der Waals surface area contributed by atoms with Crippen LogP contribution >= 0.6 is 0 Å². The molecule has 0 heterocycles. The van der Waals surface area contributed by atoms with Crippen molar-refractivity contribution in [1.82, 2.24) is 0 Å². The van der Waals surface area contributed by atoms with Crippen LogP contribution in [-0.2, 0) is 4.74 Å². The molecule has 0 amide bonds. The molecule has 2 heteroatoms. The summed E-state index contributed by atoms with van der Waals surface area (Å²) in [7, 11) is 0. The lowest BCUT2D eigenvalue weighted by Crippen LogP contribution is -2.02. The third-order valence-corrected chi connectivity index (χ3v) is 1.58. The lowest BCUT2D eigenvalue weighted by Gasteiger charge is -2.06. The van der Waals surface area contributed by atoms with Crippen LogP contribution in [-0.4, -0.2) is 24.9 Å². The lowest BCUT2D eigenvalue weighted by atomic mass is 10.1. The number of hydrogen-bond donors (Lipinski definition) is 1. The zero-order chi connectivity index (χ0) is 7.94. The van der Waals surface area contributed by atoms with Gasteiger partial charge in [0.05, 0.1) is 19.8 Å². The Balaban J connectivity index is 2.15. The first-order valence-corrected chi connectivity index (χ1v) is 3.97. The van der Waals surface area contributed by atoms with Crippen molar-refractivity contribution in [2.45, 2.75) is 12.8 Å². The van der Waals surface area contributed by atoms with Gasteiger partial charge in [-0.25, -0.2) is 0 Å². The third kappa shape index (κ3) is 3.35. The van der Waals surface area contributed by atoms with E-state index in [1.807, 2.05) is 0 Å². The molecule has 0 aromatic rings. The number of hydrogen-bond acceptors (Lipinski definition) is 2. The van der Waals surface area contributed by atoms with E-state index in [1.54, 1.807) is 0 Å². The summed E-state index contributed by atoms with van der Waals surface area (Å²) in [5.74, 6) is 0. The number of ether oxygens (including phenoxy) is 1. The van der Waals surface area contributed by atoms with Crippen molar-refractivity contribution in [1.29, 1.82) is 0 Å². The lowest BCUT2D eigenvalue weighted by molar-refractivity contribution is 0.109. The largest absolute Gasteiger partial charge is 0.394 e.